The van der Waals surface area contributed by atoms with Crippen LogP contribution in [0.4, 0.5) is 0 Å². The molecule has 0 aromatic rings. The summed E-state index contributed by atoms with van der Waals surface area (Å²) >= 11 is 0. The highest BCUT2D eigenvalue weighted by Crippen LogP contribution is 2.46. The van der Waals surface area contributed by atoms with Gasteiger partial charge in [-0.3, -0.25) is 9.36 Å². The molecule has 0 fully saturated rings. The minimum absolute atomic E-state index is 0.394. The molecular weight excluding hydrogens is 213 g/mol. The average molecular weight is 227 g/mol. The molecule has 0 aliphatic heterocycles. The van der Waals surface area contributed by atoms with Gasteiger partial charge in [0.25, 0.3) is 0 Å². The first-order valence-corrected chi connectivity index (χ1v) is 5.41. The Labute approximate surface area is 82.0 Å². The van der Waals surface area contributed by atoms with Crippen LogP contribution in [0.1, 0.15) is 0 Å². The lowest BCUT2D eigenvalue weighted by Gasteiger charge is -2.18. The topological polar surface area (TPSA) is 85.3 Å². The van der Waals surface area contributed by atoms with Crippen LogP contribution in [0.25, 0.3) is 0 Å². The molecule has 7 nitrogen and oxygen atoms in total. The Morgan fingerprint density at radius 2 is 1.86 bits per heavy atom. The van der Waals surface area contributed by atoms with Gasteiger partial charge in [0.15, 0.2) is 0 Å². The van der Waals surface area contributed by atoms with Crippen molar-refractivity contribution >= 4 is 13.6 Å². The van der Waals surface area contributed by atoms with Gasteiger partial charge in [-0.15, -0.1) is 0 Å². The summed E-state index contributed by atoms with van der Waals surface area (Å²) in [5.74, 6) is -0.647. The molecule has 14 heavy (non-hydrogen) atoms. The fourth-order valence-corrected chi connectivity index (χ4v) is 1.53. The van der Waals surface area contributed by atoms with Crippen molar-refractivity contribution in [3.05, 3.63) is 0 Å². The largest absolute Gasteiger partial charge is 0.468 e. The van der Waals surface area contributed by atoms with E-state index < -0.39 is 26.4 Å². The van der Waals surface area contributed by atoms with Crippen molar-refractivity contribution in [3.8, 4) is 0 Å². The summed E-state index contributed by atoms with van der Waals surface area (Å²) in [4.78, 5) is 10.7. The molecule has 0 saturated heterocycles. The number of carbonyl (C=O) groups is 1. The maximum atomic E-state index is 11.4. The van der Waals surface area contributed by atoms with Gasteiger partial charge in [-0.25, -0.2) is 0 Å². The maximum Gasteiger partial charge on any atom is 0.346 e. The summed E-state index contributed by atoms with van der Waals surface area (Å²) in [6, 6.07) is 0. The molecule has 84 valence electrons. The number of hydrogen-bond donors (Lipinski definition) is 1. The van der Waals surface area contributed by atoms with Crippen LogP contribution in [-0.2, 0) is 23.1 Å². The van der Waals surface area contributed by atoms with Crippen molar-refractivity contribution in [1.82, 2.24) is 5.06 Å². The van der Waals surface area contributed by atoms with E-state index in [0.29, 0.717) is 5.06 Å². The molecule has 0 aromatic heterocycles. The van der Waals surface area contributed by atoms with E-state index in [1.165, 1.54) is 21.3 Å². The summed E-state index contributed by atoms with van der Waals surface area (Å²) in [7, 11) is 0.229. The monoisotopic (exact) mass is 227 g/mol. The van der Waals surface area contributed by atoms with Crippen LogP contribution < -0.4 is 0 Å². The number of methoxy groups -OCH3 is 1. The third-order valence-electron chi connectivity index (χ3n) is 1.43. The van der Waals surface area contributed by atoms with Crippen LogP contribution in [-0.4, -0.2) is 50.4 Å². The quantitative estimate of drug-likeness (QED) is 0.396. The molecule has 0 heterocycles. The Balaban J connectivity index is 4.10. The van der Waals surface area contributed by atoms with Gasteiger partial charge >= 0.3 is 13.6 Å². The normalized spacial score (nSPS) is 11.8. The van der Waals surface area contributed by atoms with Crippen molar-refractivity contribution < 1.29 is 28.4 Å². The van der Waals surface area contributed by atoms with Crippen molar-refractivity contribution in [1.29, 1.82) is 0 Å². The Morgan fingerprint density at radius 3 is 2.21 bits per heavy atom. The second-order valence-corrected chi connectivity index (χ2v) is 4.59. The number of carbonyl (C=O) groups excluding carboxylic acids is 1. The lowest BCUT2D eigenvalue weighted by atomic mass is 10.6. The Bertz CT molecular complexity index is 224. The van der Waals surface area contributed by atoms with Gasteiger partial charge in [-0.2, -0.15) is 5.06 Å². The van der Waals surface area contributed by atoms with Crippen molar-refractivity contribution in [2.45, 2.75) is 0 Å². The smallest absolute Gasteiger partial charge is 0.346 e. The minimum atomic E-state index is -3.34. The highest BCUT2D eigenvalue weighted by atomic mass is 31.2. The SMILES string of the molecule is COC(=O)CN(O)CP(=O)(OC)OC. The summed E-state index contributed by atoms with van der Waals surface area (Å²) in [5.41, 5.74) is 0. The highest BCUT2D eigenvalue weighted by molar-refractivity contribution is 7.53. The number of hydroxylamine groups is 2. The second kappa shape index (κ2) is 6.10. The first-order valence-electron chi connectivity index (χ1n) is 3.68. The van der Waals surface area contributed by atoms with E-state index >= 15 is 0 Å². The summed E-state index contributed by atoms with van der Waals surface area (Å²) < 4.78 is 24.8. The predicted octanol–water partition coefficient (Wildman–Crippen LogP) is 0.294. The highest BCUT2D eigenvalue weighted by Gasteiger charge is 2.25. The standard InChI is InChI=1S/C6H14NO6P/c1-11-6(8)4-7(9)5-14(10,12-2)13-3/h9H,4-5H2,1-3H3. The van der Waals surface area contributed by atoms with Crippen molar-refractivity contribution in [3.63, 3.8) is 0 Å². The fraction of sp³-hybridized carbons (Fsp3) is 0.833. The molecule has 0 saturated carbocycles. The molecule has 0 aliphatic carbocycles. The molecule has 0 aromatic carbocycles. The molecule has 0 spiro atoms. The van der Waals surface area contributed by atoms with Crippen LogP contribution in [0.15, 0.2) is 0 Å². The summed E-state index contributed by atoms with van der Waals surface area (Å²) in [6.45, 7) is -0.396. The van der Waals surface area contributed by atoms with E-state index in [1.807, 2.05) is 0 Å². The zero-order chi connectivity index (χ0) is 11.2. The molecule has 0 atom stereocenters. The maximum absolute atomic E-state index is 11.4. The van der Waals surface area contributed by atoms with Gasteiger partial charge in [-0.05, 0) is 0 Å². The van der Waals surface area contributed by atoms with Crippen LogP contribution in [0.2, 0.25) is 0 Å². The lowest BCUT2D eigenvalue weighted by molar-refractivity contribution is -0.154. The van der Waals surface area contributed by atoms with E-state index in [1.54, 1.807) is 0 Å². The van der Waals surface area contributed by atoms with Gasteiger partial charge in [-0.1, -0.05) is 0 Å². The minimum Gasteiger partial charge on any atom is -0.468 e. The van der Waals surface area contributed by atoms with Crippen molar-refractivity contribution in [2.75, 3.05) is 34.2 Å². The van der Waals surface area contributed by atoms with E-state index in [0.717, 1.165) is 0 Å². The molecule has 0 aliphatic rings. The molecule has 0 amide bonds. The van der Waals surface area contributed by atoms with E-state index in [-0.39, 0.29) is 0 Å². The van der Waals surface area contributed by atoms with E-state index in [2.05, 4.69) is 13.8 Å². The lowest BCUT2D eigenvalue weighted by Crippen LogP contribution is -2.28. The molecule has 0 bridgehead atoms. The van der Waals surface area contributed by atoms with Gasteiger partial charge in [0.05, 0.1) is 7.11 Å². The molecule has 8 heteroatoms. The number of ether oxygens (including phenoxy) is 1. The summed E-state index contributed by atoms with van der Waals surface area (Å²) in [5, 5.41) is 9.66. The fourth-order valence-electron chi connectivity index (χ4n) is 0.654. The first kappa shape index (κ1) is 13.5. The van der Waals surface area contributed by atoms with Crippen LogP contribution in [0.5, 0.6) is 0 Å². The number of rotatable bonds is 6. The van der Waals surface area contributed by atoms with Crippen LogP contribution in [0.3, 0.4) is 0 Å². The zero-order valence-electron chi connectivity index (χ0n) is 8.30. The van der Waals surface area contributed by atoms with E-state index in [9.17, 15) is 9.36 Å². The van der Waals surface area contributed by atoms with Gasteiger partial charge in [0.2, 0.25) is 0 Å². The Kier molecular flexibility index (Phi) is 5.90. The number of esters is 1. The summed E-state index contributed by atoms with van der Waals surface area (Å²) in [6.07, 6.45) is -0.394. The van der Waals surface area contributed by atoms with Gasteiger partial charge in [0, 0.05) is 14.2 Å². The second-order valence-electron chi connectivity index (χ2n) is 2.36. The number of nitrogens with zero attached hydrogens (tertiary/aromatic N) is 1. The number of hydrogen-bond acceptors (Lipinski definition) is 7. The average Bonchev–Trinajstić information content (AvgIpc) is 2.17. The zero-order valence-corrected chi connectivity index (χ0v) is 9.19. The third kappa shape index (κ3) is 4.69. The van der Waals surface area contributed by atoms with Gasteiger partial charge in [0.1, 0.15) is 12.8 Å². The molecule has 1 N–H and O–H groups in total. The molecule has 0 rings (SSSR count). The first-order chi connectivity index (χ1) is 6.47. The Hall–Kier alpha value is -0.460. The Morgan fingerprint density at radius 1 is 1.36 bits per heavy atom. The molecule has 0 unspecified atom stereocenters. The van der Waals surface area contributed by atoms with Crippen LogP contribution in [0, 0.1) is 0 Å². The molecular formula is C6H14NO6P. The van der Waals surface area contributed by atoms with E-state index in [4.69, 9.17) is 5.21 Å². The predicted molar refractivity (Wildman–Crippen MR) is 47.0 cm³/mol. The third-order valence-corrected chi connectivity index (χ3v) is 3.22. The van der Waals surface area contributed by atoms with Gasteiger partial charge < -0.3 is 19.0 Å². The molecule has 0 radical (unpaired) electrons. The van der Waals surface area contributed by atoms with Crippen LogP contribution >= 0.6 is 7.60 Å². The van der Waals surface area contributed by atoms with Crippen molar-refractivity contribution in [2.24, 2.45) is 0 Å².